The summed E-state index contributed by atoms with van der Waals surface area (Å²) in [6, 6.07) is 5.00. The summed E-state index contributed by atoms with van der Waals surface area (Å²) < 4.78 is 95.2. The second kappa shape index (κ2) is 7.65. The zero-order valence-corrected chi connectivity index (χ0v) is 13.7. The molecular weight excluding hydrogens is 368 g/mol. The van der Waals surface area contributed by atoms with E-state index in [0.29, 0.717) is 5.52 Å². The van der Waals surface area contributed by atoms with Crippen LogP contribution >= 0.6 is 0 Å². The summed E-state index contributed by atoms with van der Waals surface area (Å²) in [7, 11) is -7.80. The molecule has 1 aromatic carbocycles. The van der Waals surface area contributed by atoms with Crippen LogP contribution < -0.4 is 14.2 Å². The van der Waals surface area contributed by atoms with Crippen LogP contribution in [0.5, 0.6) is 17.2 Å². The molecular formula is C16H15F2N3O4S. The maximum Gasteiger partial charge on any atom is 0.387 e. The summed E-state index contributed by atoms with van der Waals surface area (Å²) in [4.78, 5) is 10.8. The van der Waals surface area contributed by atoms with Crippen LogP contribution in [0.1, 0.15) is 13.9 Å². The molecule has 1 atom stereocenters. The van der Waals surface area contributed by atoms with Crippen LogP contribution in [0.4, 0.5) is 8.78 Å². The van der Waals surface area contributed by atoms with Gasteiger partial charge in [-0.15, -0.1) is 0 Å². The van der Waals surface area contributed by atoms with Crippen molar-refractivity contribution in [2.24, 2.45) is 0 Å². The molecule has 2 heterocycles. The Balaban J connectivity index is 1.91. The van der Waals surface area contributed by atoms with Gasteiger partial charge in [0.05, 0.1) is 55.6 Å². The molecule has 3 rings (SSSR count). The van der Waals surface area contributed by atoms with Gasteiger partial charge in [-0.2, -0.15) is 8.78 Å². The number of halogens is 2. The number of hydrogen-bond donors (Lipinski definition) is 1. The van der Waals surface area contributed by atoms with Crippen molar-refractivity contribution in [2.75, 3.05) is 14.1 Å². The van der Waals surface area contributed by atoms with Gasteiger partial charge >= 0.3 is 6.61 Å². The highest BCUT2D eigenvalue weighted by atomic mass is 32.2. The molecule has 0 amide bonds. The Morgan fingerprint density at radius 1 is 1.31 bits per heavy atom. The molecule has 0 saturated heterocycles. The second-order valence-corrected chi connectivity index (χ2v) is 6.24. The quantitative estimate of drug-likeness (QED) is 0.669. The van der Waals surface area contributed by atoms with E-state index in [0.717, 1.165) is 12.3 Å². The zero-order chi connectivity index (χ0) is 23.7. The monoisotopic (exact) mass is 389 g/mol. The normalized spacial score (nSPS) is 16.7. The molecule has 0 spiro atoms. The first-order valence-electron chi connectivity index (χ1n) is 9.99. The molecule has 0 aliphatic heterocycles. The van der Waals surface area contributed by atoms with E-state index in [4.69, 9.17) is 17.7 Å². The SMILES string of the molecule is [2H]C([2H])([2H])Oc1ccnc(CS(=O)c2nc3ccc(OC(F)F)cc3[nH]2)c1OC([2H])([2H])[2H]. The van der Waals surface area contributed by atoms with Crippen LogP contribution in [0, 0.1) is 0 Å². The van der Waals surface area contributed by atoms with E-state index in [1.165, 1.54) is 18.2 Å². The van der Waals surface area contributed by atoms with Gasteiger partial charge in [0.25, 0.3) is 0 Å². The molecule has 0 fully saturated rings. The fourth-order valence-corrected chi connectivity index (χ4v) is 3.22. The molecule has 1 N–H and O–H groups in total. The standard InChI is InChI=1S/C16H15F2N3O4S/c1-23-13-5-6-19-12(14(13)24-2)8-26(22)16-20-10-4-3-9(25-15(17)18)7-11(10)21-16/h3-7,15H,8H2,1-2H3,(H,20,21)/i1D3,2D3. The number of rotatable bonds is 7. The van der Waals surface area contributed by atoms with Crippen molar-refractivity contribution in [3.05, 3.63) is 36.2 Å². The van der Waals surface area contributed by atoms with Gasteiger partial charge in [0.1, 0.15) is 5.75 Å². The third kappa shape index (κ3) is 3.74. The highest BCUT2D eigenvalue weighted by Crippen LogP contribution is 2.30. The third-order valence-electron chi connectivity index (χ3n) is 3.29. The summed E-state index contributed by atoms with van der Waals surface area (Å²) >= 11 is 0. The highest BCUT2D eigenvalue weighted by Gasteiger charge is 2.17. The van der Waals surface area contributed by atoms with E-state index in [9.17, 15) is 13.0 Å². The van der Waals surface area contributed by atoms with Crippen molar-refractivity contribution in [3.8, 4) is 17.2 Å². The van der Waals surface area contributed by atoms with Crippen molar-refractivity contribution in [3.63, 3.8) is 0 Å². The van der Waals surface area contributed by atoms with Gasteiger partial charge in [0.15, 0.2) is 16.7 Å². The van der Waals surface area contributed by atoms with Gasteiger partial charge in [0.2, 0.25) is 0 Å². The molecule has 0 aliphatic rings. The average molecular weight is 389 g/mol. The lowest BCUT2D eigenvalue weighted by molar-refractivity contribution is -0.0497. The topological polar surface area (TPSA) is 86.3 Å². The number of pyridine rings is 1. The number of methoxy groups -OCH3 is 2. The summed E-state index contributed by atoms with van der Waals surface area (Å²) in [6.07, 6.45) is 1.15. The molecule has 0 aliphatic carbocycles. The Kier molecular flexibility index (Phi) is 3.47. The predicted molar refractivity (Wildman–Crippen MR) is 90.2 cm³/mol. The number of nitrogens with one attached hydrogen (secondary N) is 1. The number of nitrogens with zero attached hydrogens (tertiary/aromatic N) is 2. The van der Waals surface area contributed by atoms with Gasteiger partial charge in [-0.3, -0.25) is 9.19 Å². The van der Waals surface area contributed by atoms with E-state index < -0.39 is 48.7 Å². The molecule has 26 heavy (non-hydrogen) atoms. The van der Waals surface area contributed by atoms with Gasteiger partial charge in [0, 0.05) is 18.3 Å². The van der Waals surface area contributed by atoms with Crippen LogP contribution in [0.25, 0.3) is 11.0 Å². The van der Waals surface area contributed by atoms with Crippen LogP contribution in [0.2, 0.25) is 0 Å². The second-order valence-electron chi connectivity index (χ2n) is 4.88. The molecule has 138 valence electrons. The molecule has 7 nitrogen and oxygen atoms in total. The van der Waals surface area contributed by atoms with Gasteiger partial charge in [-0.25, -0.2) is 4.98 Å². The largest absolute Gasteiger partial charge is 0.493 e. The fourth-order valence-electron chi connectivity index (χ4n) is 2.21. The van der Waals surface area contributed by atoms with Crippen molar-refractivity contribution in [1.29, 1.82) is 0 Å². The van der Waals surface area contributed by atoms with Crippen molar-refractivity contribution in [1.82, 2.24) is 15.0 Å². The Bertz CT molecular complexity index is 1140. The van der Waals surface area contributed by atoms with Crippen LogP contribution in [-0.4, -0.2) is 39.8 Å². The summed E-state index contributed by atoms with van der Waals surface area (Å²) in [6.45, 7) is -3.02. The number of hydrogen-bond acceptors (Lipinski definition) is 6. The zero-order valence-electron chi connectivity index (χ0n) is 18.9. The summed E-state index contributed by atoms with van der Waals surface area (Å²) in [5.41, 5.74) is 0.447. The molecule has 3 aromatic rings. The number of imidazole rings is 1. The molecule has 2 aromatic heterocycles. The molecule has 10 heteroatoms. The molecule has 0 radical (unpaired) electrons. The lowest BCUT2D eigenvalue weighted by atomic mass is 10.3. The maximum atomic E-state index is 12.8. The average Bonchev–Trinajstić information content (AvgIpc) is 3.05. The summed E-state index contributed by atoms with van der Waals surface area (Å²) in [5.74, 6) is -1.45. The lowest BCUT2D eigenvalue weighted by Crippen LogP contribution is -2.04. The predicted octanol–water partition coefficient (Wildman–Crippen LogP) is 2.88. The Morgan fingerprint density at radius 2 is 2.15 bits per heavy atom. The summed E-state index contributed by atoms with van der Waals surface area (Å²) in [5, 5.41) is -0.0574. The number of fused-ring (bicyclic) bond motifs is 1. The fraction of sp³-hybridized carbons (Fsp3) is 0.250. The van der Waals surface area contributed by atoms with Crippen LogP contribution in [0.3, 0.4) is 0 Å². The Hall–Kier alpha value is -2.75. The van der Waals surface area contributed by atoms with Crippen molar-refractivity contribution < 1.29 is 35.4 Å². The first kappa shape index (κ1) is 11.8. The number of benzene rings is 1. The first-order valence-corrected chi connectivity index (χ1v) is 8.31. The third-order valence-corrected chi connectivity index (χ3v) is 4.45. The minimum absolute atomic E-state index is 0.0574. The maximum absolute atomic E-state index is 12.8. The van der Waals surface area contributed by atoms with Gasteiger partial charge in [-0.1, -0.05) is 0 Å². The lowest BCUT2D eigenvalue weighted by Gasteiger charge is -2.10. The molecule has 1 unspecified atom stereocenters. The van der Waals surface area contributed by atoms with Crippen molar-refractivity contribution >= 4 is 21.8 Å². The number of aromatic nitrogens is 3. The highest BCUT2D eigenvalue weighted by molar-refractivity contribution is 7.84. The van der Waals surface area contributed by atoms with Gasteiger partial charge < -0.3 is 19.2 Å². The smallest absolute Gasteiger partial charge is 0.387 e. The molecule has 0 saturated carbocycles. The van der Waals surface area contributed by atoms with E-state index in [2.05, 4.69) is 19.7 Å². The number of H-pyrrole nitrogens is 1. The first-order chi connectivity index (χ1) is 14.8. The molecule has 0 bridgehead atoms. The van der Waals surface area contributed by atoms with E-state index in [1.807, 2.05) is 0 Å². The van der Waals surface area contributed by atoms with E-state index in [-0.39, 0.29) is 22.1 Å². The van der Waals surface area contributed by atoms with Gasteiger partial charge in [-0.05, 0) is 12.1 Å². The Labute approximate surface area is 158 Å². The van der Waals surface area contributed by atoms with E-state index >= 15 is 0 Å². The van der Waals surface area contributed by atoms with Crippen molar-refractivity contribution in [2.45, 2.75) is 17.5 Å². The minimum Gasteiger partial charge on any atom is -0.493 e. The Morgan fingerprint density at radius 3 is 2.92 bits per heavy atom. The number of aromatic amines is 1. The van der Waals surface area contributed by atoms with Crippen LogP contribution in [0.15, 0.2) is 35.6 Å². The minimum atomic E-state index is -3.02. The number of ether oxygens (including phenoxy) is 3. The number of alkyl halides is 2. The van der Waals surface area contributed by atoms with E-state index in [1.54, 1.807) is 0 Å². The van der Waals surface area contributed by atoms with Crippen LogP contribution in [-0.2, 0) is 16.6 Å².